The van der Waals surface area contributed by atoms with E-state index in [9.17, 15) is 9.59 Å². The van der Waals surface area contributed by atoms with E-state index in [-0.39, 0.29) is 18.1 Å². The van der Waals surface area contributed by atoms with Crippen molar-refractivity contribution < 1.29 is 14.7 Å². The number of hydrogen-bond donors (Lipinski definition) is 2. The number of imidazole rings is 1. The molecule has 0 radical (unpaired) electrons. The van der Waals surface area contributed by atoms with Gasteiger partial charge < -0.3 is 15.0 Å². The van der Waals surface area contributed by atoms with E-state index in [4.69, 9.17) is 5.11 Å². The Morgan fingerprint density at radius 2 is 2.08 bits per heavy atom. The fourth-order valence-corrected chi connectivity index (χ4v) is 2.66. The van der Waals surface area contributed by atoms with E-state index in [1.165, 1.54) is 10.9 Å². The minimum Gasteiger partial charge on any atom is -0.476 e. The first-order valence-corrected chi connectivity index (χ1v) is 7.92. The smallest absolute Gasteiger partial charge is 0.358 e. The van der Waals surface area contributed by atoms with Crippen molar-refractivity contribution in [2.45, 2.75) is 26.4 Å². The molecule has 0 saturated heterocycles. The van der Waals surface area contributed by atoms with E-state index in [1.807, 2.05) is 24.3 Å². The molecule has 0 bridgehead atoms. The average molecular weight is 342 g/mol. The van der Waals surface area contributed by atoms with Crippen molar-refractivity contribution in [1.82, 2.24) is 29.9 Å². The van der Waals surface area contributed by atoms with Crippen molar-refractivity contribution in [3.63, 3.8) is 0 Å². The average Bonchev–Trinajstić information content (AvgIpc) is 3.18. The van der Waals surface area contributed by atoms with Crippen LogP contribution in [-0.4, -0.2) is 48.1 Å². The van der Waals surface area contributed by atoms with Gasteiger partial charge in [-0.25, -0.2) is 14.5 Å². The molecule has 0 fully saturated rings. The number of carboxylic acids is 1. The number of nitrogens with zero attached hydrogens (tertiary/aromatic N) is 5. The van der Waals surface area contributed by atoms with Crippen LogP contribution in [0.15, 0.2) is 30.5 Å². The highest BCUT2D eigenvalue weighted by Gasteiger charge is 2.12. The van der Waals surface area contributed by atoms with Gasteiger partial charge in [0, 0.05) is 19.5 Å². The van der Waals surface area contributed by atoms with E-state index in [0.717, 1.165) is 23.4 Å². The van der Waals surface area contributed by atoms with Crippen molar-refractivity contribution in [3.8, 4) is 0 Å². The summed E-state index contributed by atoms with van der Waals surface area (Å²) in [6.45, 7) is 3.22. The second-order valence-electron chi connectivity index (χ2n) is 5.47. The summed E-state index contributed by atoms with van der Waals surface area (Å²) in [7, 11) is 0. The molecular formula is C16H18N6O3. The zero-order valence-corrected chi connectivity index (χ0v) is 13.7. The normalized spacial score (nSPS) is 10.9. The summed E-state index contributed by atoms with van der Waals surface area (Å²) in [5.74, 6) is -0.524. The summed E-state index contributed by atoms with van der Waals surface area (Å²) in [5, 5.41) is 18.6. The van der Waals surface area contributed by atoms with Crippen molar-refractivity contribution in [2.75, 3.05) is 6.54 Å². The standard InChI is InChI=1S/C16H18N6O3/c1-2-22-13-6-4-3-5-11(13)18-14(22)7-8-17-15(23)10-21-9-12(16(24)25)19-20-21/h3-6,9H,2,7-8,10H2,1H3,(H,17,23)(H,24,25). The van der Waals surface area contributed by atoms with E-state index < -0.39 is 5.97 Å². The molecular weight excluding hydrogens is 324 g/mol. The summed E-state index contributed by atoms with van der Waals surface area (Å²) in [6.07, 6.45) is 1.82. The lowest BCUT2D eigenvalue weighted by molar-refractivity contribution is -0.121. The largest absolute Gasteiger partial charge is 0.476 e. The molecule has 2 N–H and O–H groups in total. The Bertz CT molecular complexity index is 914. The molecule has 1 aromatic carbocycles. The van der Waals surface area contributed by atoms with Gasteiger partial charge in [-0.1, -0.05) is 17.3 Å². The predicted molar refractivity (Wildman–Crippen MR) is 89.1 cm³/mol. The van der Waals surface area contributed by atoms with Gasteiger partial charge in [0.15, 0.2) is 5.69 Å². The van der Waals surface area contributed by atoms with Crippen molar-refractivity contribution >= 4 is 22.9 Å². The number of hydrogen-bond acceptors (Lipinski definition) is 5. The van der Waals surface area contributed by atoms with Crippen LogP contribution in [0, 0.1) is 0 Å². The molecule has 0 saturated carbocycles. The second kappa shape index (κ2) is 7.12. The summed E-state index contributed by atoms with van der Waals surface area (Å²) < 4.78 is 3.32. The van der Waals surface area contributed by atoms with Crippen LogP contribution in [0.5, 0.6) is 0 Å². The van der Waals surface area contributed by atoms with Crippen LogP contribution in [0.1, 0.15) is 23.2 Å². The number of carbonyl (C=O) groups excluding carboxylic acids is 1. The maximum absolute atomic E-state index is 11.9. The molecule has 9 heteroatoms. The first-order valence-electron chi connectivity index (χ1n) is 7.92. The van der Waals surface area contributed by atoms with Crippen molar-refractivity contribution in [1.29, 1.82) is 0 Å². The van der Waals surface area contributed by atoms with Crippen molar-refractivity contribution in [3.05, 3.63) is 42.0 Å². The van der Waals surface area contributed by atoms with Gasteiger partial charge in [0.25, 0.3) is 0 Å². The van der Waals surface area contributed by atoms with Crippen molar-refractivity contribution in [2.24, 2.45) is 0 Å². The molecule has 2 heterocycles. The van der Waals surface area contributed by atoms with Gasteiger partial charge >= 0.3 is 5.97 Å². The number of aromatic nitrogens is 5. The first-order chi connectivity index (χ1) is 12.1. The van der Waals surface area contributed by atoms with E-state index >= 15 is 0 Å². The van der Waals surface area contributed by atoms with Gasteiger partial charge in [-0.3, -0.25) is 4.79 Å². The quantitative estimate of drug-likeness (QED) is 0.653. The lowest BCUT2D eigenvalue weighted by atomic mass is 10.3. The number of fused-ring (bicyclic) bond motifs is 1. The summed E-state index contributed by atoms with van der Waals surface area (Å²) in [6, 6.07) is 7.92. The molecule has 1 amide bonds. The number of aromatic carboxylic acids is 1. The summed E-state index contributed by atoms with van der Waals surface area (Å²) in [5.41, 5.74) is 1.83. The number of nitrogens with one attached hydrogen (secondary N) is 1. The Balaban J connectivity index is 1.57. The molecule has 3 aromatic rings. The number of carbonyl (C=O) groups is 2. The third kappa shape index (κ3) is 3.65. The number of rotatable bonds is 7. The highest BCUT2D eigenvalue weighted by molar-refractivity contribution is 5.84. The fourth-order valence-electron chi connectivity index (χ4n) is 2.66. The summed E-state index contributed by atoms with van der Waals surface area (Å²) in [4.78, 5) is 27.3. The Morgan fingerprint density at radius 3 is 2.80 bits per heavy atom. The Hall–Kier alpha value is -3.23. The third-order valence-electron chi connectivity index (χ3n) is 3.78. The van der Waals surface area contributed by atoms with Crippen LogP contribution in [0.3, 0.4) is 0 Å². The van der Waals surface area contributed by atoms with Gasteiger partial charge in [0.05, 0.1) is 17.2 Å². The SMILES string of the molecule is CCn1c(CCNC(=O)Cn2cc(C(=O)O)nn2)nc2ccccc21. The molecule has 9 nitrogen and oxygen atoms in total. The van der Waals surface area contributed by atoms with Crippen LogP contribution < -0.4 is 5.32 Å². The molecule has 0 aliphatic rings. The molecule has 0 spiro atoms. The fraction of sp³-hybridized carbons (Fsp3) is 0.312. The van der Waals surface area contributed by atoms with Crippen LogP contribution in [0.25, 0.3) is 11.0 Å². The highest BCUT2D eigenvalue weighted by Crippen LogP contribution is 2.15. The van der Waals surface area contributed by atoms with E-state index in [0.29, 0.717) is 13.0 Å². The maximum Gasteiger partial charge on any atom is 0.358 e. The molecule has 0 unspecified atom stereocenters. The van der Waals surface area contributed by atoms with E-state index in [2.05, 4.69) is 32.1 Å². The number of para-hydroxylation sites is 2. The van der Waals surface area contributed by atoms with Crippen LogP contribution in [0.4, 0.5) is 0 Å². The van der Waals surface area contributed by atoms with Crippen LogP contribution >= 0.6 is 0 Å². The molecule has 3 rings (SSSR count). The van der Waals surface area contributed by atoms with Gasteiger partial charge in [-0.05, 0) is 19.1 Å². The minimum absolute atomic E-state index is 0.0789. The lowest BCUT2D eigenvalue weighted by Gasteiger charge is -2.07. The van der Waals surface area contributed by atoms with Crippen LogP contribution in [0.2, 0.25) is 0 Å². The first kappa shape index (κ1) is 16.6. The van der Waals surface area contributed by atoms with Gasteiger partial charge in [0.2, 0.25) is 5.91 Å². The Labute approximate surface area is 143 Å². The predicted octanol–water partition coefficient (Wildman–Crippen LogP) is 0.705. The number of carboxylic acid groups (broad SMARTS) is 1. The second-order valence-corrected chi connectivity index (χ2v) is 5.47. The van der Waals surface area contributed by atoms with Crippen LogP contribution in [-0.2, 0) is 24.3 Å². The molecule has 0 aliphatic carbocycles. The molecule has 130 valence electrons. The van der Waals surface area contributed by atoms with Gasteiger partial charge in [0.1, 0.15) is 12.4 Å². The number of benzene rings is 1. The molecule has 2 aromatic heterocycles. The van der Waals surface area contributed by atoms with Gasteiger partial charge in [-0.15, -0.1) is 5.10 Å². The lowest BCUT2D eigenvalue weighted by Crippen LogP contribution is -2.30. The Morgan fingerprint density at radius 1 is 1.28 bits per heavy atom. The number of aryl methyl sites for hydroxylation is 1. The van der Waals surface area contributed by atoms with Gasteiger partial charge in [-0.2, -0.15) is 0 Å². The zero-order valence-electron chi connectivity index (χ0n) is 13.7. The zero-order chi connectivity index (χ0) is 17.8. The summed E-state index contributed by atoms with van der Waals surface area (Å²) >= 11 is 0. The molecule has 0 atom stereocenters. The minimum atomic E-state index is -1.18. The number of amides is 1. The topological polar surface area (TPSA) is 115 Å². The van der Waals surface area contributed by atoms with E-state index in [1.54, 1.807) is 0 Å². The molecule has 0 aliphatic heterocycles. The third-order valence-corrected chi connectivity index (χ3v) is 3.78. The highest BCUT2D eigenvalue weighted by atomic mass is 16.4. The Kier molecular flexibility index (Phi) is 4.73. The monoisotopic (exact) mass is 342 g/mol. The molecule has 25 heavy (non-hydrogen) atoms. The maximum atomic E-state index is 11.9.